The van der Waals surface area contributed by atoms with E-state index in [2.05, 4.69) is 27.3 Å². The molecular weight excluding hydrogens is 486 g/mol. The molecular formula is C30H32F2N4O2. The summed E-state index contributed by atoms with van der Waals surface area (Å²) in [4.78, 5) is 17.1. The summed E-state index contributed by atoms with van der Waals surface area (Å²) in [5.41, 5.74) is 7.20. The predicted octanol–water partition coefficient (Wildman–Crippen LogP) is 7.54. The number of nitrogens with zero attached hydrogens (tertiary/aromatic N) is 3. The number of carbonyl (C=O) groups excluding carboxylic acids is 1. The quantitative estimate of drug-likeness (QED) is 0.274. The molecule has 0 aliphatic heterocycles. The number of anilines is 1. The molecule has 0 spiro atoms. The SMILES string of the molecule is Cc1noc(C)c1-c1cnc2c(-c3ccc(NC(=O)CC4CC4)cc3)cn(CC3CCC(F)(F)CC3)c2c1. The minimum atomic E-state index is -2.55. The summed E-state index contributed by atoms with van der Waals surface area (Å²) in [7, 11) is 0. The van der Waals surface area contributed by atoms with Crippen molar-refractivity contribution in [2.75, 3.05) is 5.32 Å². The van der Waals surface area contributed by atoms with E-state index in [1.54, 1.807) is 0 Å². The van der Waals surface area contributed by atoms with Crippen LogP contribution < -0.4 is 5.32 Å². The van der Waals surface area contributed by atoms with E-state index in [0.29, 0.717) is 31.7 Å². The second-order valence-electron chi connectivity index (χ2n) is 11.1. The molecule has 2 aliphatic rings. The lowest BCUT2D eigenvalue weighted by Crippen LogP contribution is -2.26. The molecule has 1 N–H and O–H groups in total. The monoisotopic (exact) mass is 518 g/mol. The first-order valence-corrected chi connectivity index (χ1v) is 13.5. The molecule has 2 aliphatic carbocycles. The van der Waals surface area contributed by atoms with E-state index in [4.69, 9.17) is 9.51 Å². The summed E-state index contributed by atoms with van der Waals surface area (Å²) in [6, 6.07) is 9.94. The van der Waals surface area contributed by atoms with Gasteiger partial charge in [-0.1, -0.05) is 17.3 Å². The zero-order chi connectivity index (χ0) is 26.4. The number of rotatable bonds is 7. The highest BCUT2D eigenvalue weighted by Gasteiger charge is 2.35. The van der Waals surface area contributed by atoms with E-state index in [1.165, 1.54) is 0 Å². The molecule has 1 amide bonds. The molecule has 3 aromatic heterocycles. The number of amides is 1. The highest BCUT2D eigenvalue weighted by molar-refractivity contribution is 5.96. The number of aryl methyl sites for hydroxylation is 2. The number of carbonyl (C=O) groups is 1. The maximum absolute atomic E-state index is 13.8. The first kappa shape index (κ1) is 24.8. The number of benzene rings is 1. The van der Waals surface area contributed by atoms with Crippen molar-refractivity contribution in [2.45, 2.75) is 71.3 Å². The van der Waals surface area contributed by atoms with Gasteiger partial charge in [-0.25, -0.2) is 8.78 Å². The molecule has 0 saturated heterocycles. The van der Waals surface area contributed by atoms with Gasteiger partial charge in [0.05, 0.1) is 16.7 Å². The van der Waals surface area contributed by atoms with Crippen molar-refractivity contribution >= 4 is 22.6 Å². The van der Waals surface area contributed by atoms with E-state index in [-0.39, 0.29) is 24.7 Å². The van der Waals surface area contributed by atoms with Gasteiger partial charge in [0.2, 0.25) is 11.8 Å². The van der Waals surface area contributed by atoms with Gasteiger partial charge in [0.15, 0.2) is 0 Å². The van der Waals surface area contributed by atoms with E-state index >= 15 is 0 Å². The second kappa shape index (κ2) is 9.64. The van der Waals surface area contributed by atoms with Gasteiger partial charge >= 0.3 is 0 Å². The molecule has 0 radical (unpaired) electrons. The fraction of sp³-hybridized carbons (Fsp3) is 0.433. The van der Waals surface area contributed by atoms with E-state index < -0.39 is 5.92 Å². The molecule has 6 rings (SSSR count). The van der Waals surface area contributed by atoms with Gasteiger partial charge in [0.1, 0.15) is 5.76 Å². The third-order valence-electron chi connectivity index (χ3n) is 7.98. The Morgan fingerprint density at radius 2 is 1.82 bits per heavy atom. The van der Waals surface area contributed by atoms with Crippen molar-refractivity contribution in [3.8, 4) is 22.3 Å². The van der Waals surface area contributed by atoms with Crippen LogP contribution in [0.1, 0.15) is 56.4 Å². The second-order valence-corrected chi connectivity index (χ2v) is 11.1. The lowest BCUT2D eigenvalue weighted by atomic mass is 9.87. The van der Waals surface area contributed by atoms with E-state index in [9.17, 15) is 13.6 Å². The molecule has 3 heterocycles. The highest BCUT2D eigenvalue weighted by atomic mass is 19.3. The molecule has 2 fully saturated rings. The molecule has 8 heteroatoms. The zero-order valence-corrected chi connectivity index (χ0v) is 21.8. The van der Waals surface area contributed by atoms with Gasteiger partial charge < -0.3 is 14.4 Å². The van der Waals surface area contributed by atoms with Crippen LogP contribution in [0.4, 0.5) is 14.5 Å². The minimum absolute atomic E-state index is 0.0553. The van der Waals surface area contributed by atoms with Crippen molar-refractivity contribution in [3.63, 3.8) is 0 Å². The summed E-state index contributed by atoms with van der Waals surface area (Å²) in [5, 5.41) is 7.09. The van der Waals surface area contributed by atoms with Gasteiger partial charge in [-0.05, 0) is 75.1 Å². The number of hydrogen-bond acceptors (Lipinski definition) is 4. The van der Waals surface area contributed by atoms with Crippen molar-refractivity contribution in [1.29, 1.82) is 0 Å². The maximum atomic E-state index is 13.8. The fourth-order valence-electron chi connectivity index (χ4n) is 5.65. The van der Waals surface area contributed by atoms with Gasteiger partial charge in [-0.2, -0.15) is 0 Å². The molecule has 6 nitrogen and oxygen atoms in total. The smallest absolute Gasteiger partial charge is 0.248 e. The van der Waals surface area contributed by atoms with E-state index in [0.717, 1.165) is 63.3 Å². The molecule has 1 aromatic carbocycles. The predicted molar refractivity (Wildman–Crippen MR) is 143 cm³/mol. The maximum Gasteiger partial charge on any atom is 0.248 e. The summed E-state index contributed by atoms with van der Waals surface area (Å²) < 4.78 is 35.2. The van der Waals surface area contributed by atoms with Crippen LogP contribution in [0.5, 0.6) is 0 Å². The summed E-state index contributed by atoms with van der Waals surface area (Å²) >= 11 is 0. The first-order valence-electron chi connectivity index (χ1n) is 13.5. The largest absolute Gasteiger partial charge is 0.361 e. The van der Waals surface area contributed by atoms with Crippen LogP contribution in [-0.2, 0) is 11.3 Å². The fourth-order valence-corrected chi connectivity index (χ4v) is 5.65. The van der Waals surface area contributed by atoms with Crippen molar-refractivity contribution < 1.29 is 18.1 Å². The Kier molecular flexibility index (Phi) is 6.28. The van der Waals surface area contributed by atoms with Crippen LogP contribution in [0.3, 0.4) is 0 Å². The zero-order valence-electron chi connectivity index (χ0n) is 21.8. The standard InChI is InChI=1S/C30H32F2N4O2/c1-18-28(19(2)38-35-18)23-14-26-29(33-15-23)25(17-36(26)16-21-9-11-30(31,32)12-10-21)22-5-7-24(8-6-22)34-27(37)13-20-3-4-20/h5-8,14-15,17,20-21H,3-4,9-13,16H2,1-2H3,(H,34,37). The number of hydrogen-bond donors (Lipinski definition) is 1. The third-order valence-corrected chi connectivity index (χ3v) is 7.98. The van der Waals surface area contributed by atoms with Crippen molar-refractivity contribution in [1.82, 2.24) is 14.7 Å². The van der Waals surface area contributed by atoms with Gasteiger partial charge in [-0.15, -0.1) is 0 Å². The number of pyridine rings is 1. The molecule has 4 aromatic rings. The summed E-state index contributed by atoms with van der Waals surface area (Å²) in [6.07, 6.45) is 7.70. The number of alkyl halides is 2. The third kappa shape index (κ3) is 5.08. The van der Waals surface area contributed by atoms with E-state index in [1.807, 2.05) is 44.3 Å². The van der Waals surface area contributed by atoms with Crippen LogP contribution in [0.25, 0.3) is 33.3 Å². The van der Waals surface area contributed by atoms with Crippen LogP contribution in [0.15, 0.2) is 47.2 Å². The number of fused-ring (bicyclic) bond motifs is 1. The summed E-state index contributed by atoms with van der Waals surface area (Å²) in [6.45, 7) is 4.46. The minimum Gasteiger partial charge on any atom is -0.361 e. The van der Waals surface area contributed by atoms with Crippen molar-refractivity contribution in [2.24, 2.45) is 11.8 Å². The Morgan fingerprint density at radius 1 is 1.08 bits per heavy atom. The summed E-state index contributed by atoms with van der Waals surface area (Å²) in [5.74, 6) is -1.03. The highest BCUT2D eigenvalue weighted by Crippen LogP contribution is 2.39. The normalized spacial score (nSPS) is 17.7. The number of aromatic nitrogens is 3. The van der Waals surface area contributed by atoms with Crippen LogP contribution in [0.2, 0.25) is 0 Å². The van der Waals surface area contributed by atoms with Crippen LogP contribution in [0, 0.1) is 25.7 Å². The lowest BCUT2D eigenvalue weighted by molar-refractivity contribution is -0.116. The Labute approximate surface area is 220 Å². The topological polar surface area (TPSA) is 73.0 Å². The number of nitrogens with one attached hydrogen (secondary N) is 1. The molecule has 0 unspecified atom stereocenters. The van der Waals surface area contributed by atoms with Crippen LogP contribution in [-0.4, -0.2) is 26.5 Å². The van der Waals surface area contributed by atoms with Crippen LogP contribution >= 0.6 is 0 Å². The lowest BCUT2D eigenvalue weighted by Gasteiger charge is -2.28. The molecule has 2 saturated carbocycles. The Morgan fingerprint density at radius 3 is 2.47 bits per heavy atom. The Bertz CT molecular complexity index is 1450. The van der Waals surface area contributed by atoms with Gasteiger partial charge in [-0.3, -0.25) is 9.78 Å². The Hall–Kier alpha value is -3.55. The van der Waals surface area contributed by atoms with Gasteiger partial charge in [0, 0.05) is 60.6 Å². The average molecular weight is 519 g/mol. The average Bonchev–Trinajstić information content (AvgIpc) is 3.54. The molecule has 0 bridgehead atoms. The Balaban J connectivity index is 1.34. The molecule has 198 valence electrons. The molecule has 0 atom stereocenters. The number of halogens is 2. The molecule has 38 heavy (non-hydrogen) atoms. The first-order chi connectivity index (χ1) is 18.3. The van der Waals surface area contributed by atoms with Crippen molar-refractivity contribution in [3.05, 3.63) is 54.2 Å². The van der Waals surface area contributed by atoms with Gasteiger partial charge in [0.25, 0.3) is 0 Å².